The van der Waals surface area contributed by atoms with Crippen LogP contribution in [0.4, 0.5) is 5.69 Å². The van der Waals surface area contributed by atoms with E-state index in [1.807, 2.05) is 17.9 Å². The van der Waals surface area contributed by atoms with E-state index in [1.165, 1.54) is 22.2 Å². The maximum absolute atomic E-state index is 13.2. The van der Waals surface area contributed by atoms with Crippen LogP contribution in [-0.4, -0.2) is 39.4 Å². The zero-order chi connectivity index (χ0) is 23.9. The van der Waals surface area contributed by atoms with Crippen molar-refractivity contribution in [3.05, 3.63) is 55.9 Å². The van der Waals surface area contributed by atoms with E-state index in [-0.39, 0.29) is 23.9 Å². The van der Waals surface area contributed by atoms with Gasteiger partial charge < -0.3 is 10.2 Å². The molecule has 1 saturated heterocycles. The van der Waals surface area contributed by atoms with E-state index >= 15 is 0 Å². The van der Waals surface area contributed by atoms with Gasteiger partial charge in [-0.05, 0) is 55.4 Å². The Morgan fingerprint density at radius 1 is 1.21 bits per heavy atom. The second kappa shape index (κ2) is 9.27. The van der Waals surface area contributed by atoms with Crippen molar-refractivity contribution in [2.24, 2.45) is 11.8 Å². The average Bonchev–Trinajstić information content (AvgIpc) is 3.08. The van der Waals surface area contributed by atoms with E-state index in [0.717, 1.165) is 25.1 Å². The lowest BCUT2D eigenvalue weighted by molar-refractivity contribution is -0.116. The number of nitrogens with zero attached hydrogens (tertiary/aromatic N) is 3. The molecule has 1 aliphatic heterocycles. The number of rotatable bonds is 4. The van der Waals surface area contributed by atoms with Gasteiger partial charge in [-0.25, -0.2) is 4.98 Å². The van der Waals surface area contributed by atoms with E-state index in [9.17, 15) is 14.4 Å². The van der Waals surface area contributed by atoms with Crippen molar-refractivity contribution in [2.45, 2.75) is 40.7 Å². The van der Waals surface area contributed by atoms with Gasteiger partial charge >= 0.3 is 0 Å². The summed E-state index contributed by atoms with van der Waals surface area (Å²) in [6, 6.07) is 5.24. The monoisotopic (exact) mass is 486 g/mol. The molecular weight excluding hydrogens is 460 g/mol. The maximum Gasteiger partial charge on any atom is 0.264 e. The molecule has 9 heteroatoms. The Morgan fingerprint density at radius 3 is 2.58 bits per heavy atom. The third kappa shape index (κ3) is 4.82. The van der Waals surface area contributed by atoms with E-state index < -0.39 is 0 Å². The first kappa shape index (κ1) is 23.4. The number of benzene rings is 1. The van der Waals surface area contributed by atoms with Crippen LogP contribution in [0.3, 0.4) is 0 Å². The van der Waals surface area contributed by atoms with Crippen LogP contribution in [0.2, 0.25) is 5.02 Å². The number of halogens is 1. The van der Waals surface area contributed by atoms with Crippen molar-refractivity contribution in [3.8, 4) is 0 Å². The Bertz CT molecular complexity index is 1290. The largest absolute Gasteiger partial charge is 0.337 e. The average molecular weight is 487 g/mol. The number of nitrogens with one attached hydrogen (secondary N) is 1. The number of hydrogen-bond donors (Lipinski definition) is 1. The summed E-state index contributed by atoms with van der Waals surface area (Å²) < 4.78 is 1.27. The molecule has 174 valence electrons. The molecule has 0 spiro atoms. The summed E-state index contributed by atoms with van der Waals surface area (Å²) in [4.78, 5) is 46.2. The molecule has 1 N–H and O–H groups in total. The molecule has 3 aromatic rings. The van der Waals surface area contributed by atoms with Gasteiger partial charge in [-0.15, -0.1) is 11.3 Å². The van der Waals surface area contributed by atoms with Crippen LogP contribution in [0.5, 0.6) is 0 Å². The Labute approximate surface area is 201 Å². The number of carbonyl (C=O) groups excluding carboxylic acids is 2. The van der Waals surface area contributed by atoms with E-state index in [4.69, 9.17) is 11.6 Å². The fraction of sp³-hybridized carbons (Fsp3) is 0.417. The van der Waals surface area contributed by atoms with Crippen molar-refractivity contribution in [1.29, 1.82) is 0 Å². The molecule has 3 heterocycles. The number of hydrogen-bond acceptors (Lipinski definition) is 5. The Balaban J connectivity index is 1.58. The standard InChI is InChI=1S/C24H27ClN4O3S/c1-13-7-14(2)10-28(9-13)24(32)21-16(4)20-22(33-21)26-12-29(23(20)31)11-19(30)27-17-6-5-15(3)18(25)8-17/h5-6,8,12-14H,7,9-11H2,1-4H3,(H,27,30)/t13-,14-/m0/s1. The number of aromatic nitrogens is 2. The van der Waals surface area contributed by atoms with Crippen LogP contribution >= 0.6 is 22.9 Å². The van der Waals surface area contributed by atoms with Gasteiger partial charge in [-0.1, -0.05) is 31.5 Å². The first-order chi connectivity index (χ1) is 15.6. The summed E-state index contributed by atoms with van der Waals surface area (Å²) in [6.45, 7) is 9.23. The van der Waals surface area contributed by atoms with Crippen LogP contribution in [0.25, 0.3) is 10.2 Å². The number of thiophene rings is 1. The second-order valence-corrected chi connectivity index (χ2v) is 10.5. The fourth-order valence-electron chi connectivity index (χ4n) is 4.47. The number of likely N-dealkylation sites (tertiary alicyclic amines) is 1. The molecule has 33 heavy (non-hydrogen) atoms. The molecule has 1 fully saturated rings. The van der Waals surface area contributed by atoms with Gasteiger partial charge in [0, 0.05) is 23.8 Å². The SMILES string of the molecule is Cc1ccc(NC(=O)Cn2cnc3sc(C(=O)N4C[C@@H](C)C[C@H](C)C4)c(C)c3c2=O)cc1Cl. The van der Waals surface area contributed by atoms with Crippen LogP contribution < -0.4 is 10.9 Å². The smallest absolute Gasteiger partial charge is 0.264 e. The molecule has 0 bridgehead atoms. The fourth-order valence-corrected chi connectivity index (χ4v) is 5.76. The zero-order valence-corrected chi connectivity index (χ0v) is 20.7. The van der Waals surface area contributed by atoms with Gasteiger partial charge in [0.2, 0.25) is 5.91 Å². The second-order valence-electron chi connectivity index (χ2n) is 9.08. The van der Waals surface area contributed by atoms with Gasteiger partial charge in [-0.3, -0.25) is 19.0 Å². The van der Waals surface area contributed by atoms with Gasteiger partial charge in [0.1, 0.15) is 11.4 Å². The lowest BCUT2D eigenvalue weighted by Gasteiger charge is -2.34. The third-order valence-electron chi connectivity index (χ3n) is 6.04. The molecule has 0 saturated carbocycles. The normalized spacial score (nSPS) is 18.5. The molecular formula is C24H27ClN4O3S. The van der Waals surface area contributed by atoms with Gasteiger partial charge in [0.15, 0.2) is 0 Å². The first-order valence-corrected chi connectivity index (χ1v) is 12.2. The van der Waals surface area contributed by atoms with Crippen LogP contribution in [0.1, 0.15) is 41.1 Å². The van der Waals surface area contributed by atoms with Crippen molar-refractivity contribution in [1.82, 2.24) is 14.5 Å². The molecule has 4 rings (SSSR count). The predicted octanol–water partition coefficient (Wildman–Crippen LogP) is 4.49. The minimum Gasteiger partial charge on any atom is -0.337 e. The summed E-state index contributed by atoms with van der Waals surface area (Å²) in [7, 11) is 0. The minimum atomic E-state index is -0.362. The molecule has 0 unspecified atom stereocenters. The predicted molar refractivity (Wildman–Crippen MR) is 132 cm³/mol. The van der Waals surface area contributed by atoms with Gasteiger partial charge in [-0.2, -0.15) is 0 Å². The van der Waals surface area contributed by atoms with Gasteiger partial charge in [0.25, 0.3) is 11.5 Å². The summed E-state index contributed by atoms with van der Waals surface area (Å²) >= 11 is 7.36. The molecule has 2 atom stereocenters. The molecule has 1 aliphatic rings. The Hall–Kier alpha value is -2.71. The van der Waals surface area contributed by atoms with Crippen LogP contribution in [-0.2, 0) is 11.3 Å². The topological polar surface area (TPSA) is 84.3 Å². The Kier molecular flexibility index (Phi) is 6.59. The zero-order valence-electron chi connectivity index (χ0n) is 19.1. The first-order valence-electron chi connectivity index (χ1n) is 11.0. The van der Waals surface area contributed by atoms with Crippen molar-refractivity contribution >= 4 is 50.7 Å². The van der Waals surface area contributed by atoms with Gasteiger partial charge in [0.05, 0.1) is 16.6 Å². The van der Waals surface area contributed by atoms with E-state index in [2.05, 4.69) is 24.1 Å². The number of carbonyl (C=O) groups is 2. The number of piperidine rings is 1. The highest BCUT2D eigenvalue weighted by atomic mass is 35.5. The third-order valence-corrected chi connectivity index (χ3v) is 7.63. The van der Waals surface area contributed by atoms with E-state index in [1.54, 1.807) is 19.1 Å². The molecule has 2 aromatic heterocycles. The summed E-state index contributed by atoms with van der Waals surface area (Å²) in [5.41, 5.74) is 1.77. The van der Waals surface area contributed by atoms with Crippen molar-refractivity contribution in [2.75, 3.05) is 18.4 Å². The summed E-state index contributed by atoms with van der Waals surface area (Å²) in [6.07, 6.45) is 2.47. The number of aryl methyl sites for hydroxylation is 2. The van der Waals surface area contributed by atoms with Crippen LogP contribution in [0, 0.1) is 25.7 Å². The number of amides is 2. The quantitative estimate of drug-likeness (QED) is 0.589. The molecule has 2 amide bonds. The number of fused-ring (bicyclic) bond motifs is 1. The molecule has 7 nitrogen and oxygen atoms in total. The highest BCUT2D eigenvalue weighted by molar-refractivity contribution is 7.20. The molecule has 0 radical (unpaired) electrons. The highest BCUT2D eigenvalue weighted by Crippen LogP contribution is 2.30. The minimum absolute atomic E-state index is 0.0474. The highest BCUT2D eigenvalue weighted by Gasteiger charge is 2.29. The number of anilines is 1. The summed E-state index contributed by atoms with van der Waals surface area (Å²) in [5.74, 6) is 0.488. The molecule has 0 aliphatic carbocycles. The van der Waals surface area contributed by atoms with Crippen molar-refractivity contribution in [3.63, 3.8) is 0 Å². The lowest BCUT2D eigenvalue weighted by Crippen LogP contribution is -2.42. The maximum atomic E-state index is 13.2. The van der Waals surface area contributed by atoms with Crippen molar-refractivity contribution < 1.29 is 9.59 Å². The van der Waals surface area contributed by atoms with Crippen LogP contribution in [0.15, 0.2) is 29.3 Å². The van der Waals surface area contributed by atoms with E-state index in [0.29, 0.717) is 43.2 Å². The summed E-state index contributed by atoms with van der Waals surface area (Å²) in [5, 5.41) is 3.70. The molecule has 1 aromatic carbocycles. The Morgan fingerprint density at radius 2 is 1.91 bits per heavy atom. The lowest BCUT2D eigenvalue weighted by atomic mass is 9.92.